The fourth-order valence-corrected chi connectivity index (χ4v) is 6.17. The number of fused-ring (bicyclic) bond motifs is 1. The second-order valence-electron chi connectivity index (χ2n) is 10.8. The molecule has 2 heterocycles. The fraction of sp³-hybridized carbons (Fsp3) is 0.355. The molecule has 0 saturated heterocycles. The monoisotopic (exact) mass is 493 g/mol. The summed E-state index contributed by atoms with van der Waals surface area (Å²) in [5.74, 6) is 0.0863. The molecule has 1 spiro atoms. The van der Waals surface area contributed by atoms with Crippen molar-refractivity contribution in [2.75, 3.05) is 36.3 Å². The van der Waals surface area contributed by atoms with E-state index in [1.807, 2.05) is 36.2 Å². The predicted octanol–water partition coefficient (Wildman–Crippen LogP) is 6.27. The van der Waals surface area contributed by atoms with Gasteiger partial charge in [0.25, 0.3) is 5.91 Å². The second-order valence-corrected chi connectivity index (χ2v) is 10.8. The molecule has 1 fully saturated rings. The van der Waals surface area contributed by atoms with E-state index in [2.05, 4.69) is 77.9 Å². The molecule has 37 heavy (non-hydrogen) atoms. The molecule has 1 atom stereocenters. The zero-order valence-electron chi connectivity index (χ0n) is 21.9. The summed E-state index contributed by atoms with van der Waals surface area (Å²) in [5, 5.41) is 10.7. The number of benzene rings is 3. The van der Waals surface area contributed by atoms with Crippen molar-refractivity contribution in [2.45, 2.75) is 50.2 Å². The minimum atomic E-state index is -0.361. The van der Waals surface area contributed by atoms with Gasteiger partial charge >= 0.3 is 0 Å². The Hall–Kier alpha value is -3.80. The van der Waals surface area contributed by atoms with Gasteiger partial charge in [0, 0.05) is 44.6 Å². The standard InChI is InChI=1S/C31H35N5O/c1-34(2)24-15-13-23(14-16-24)29-21-28(33-35(29)3)22-11-17-25(18-12-22)36-30(37)26-9-5-6-10-27(26)32-31(36)19-7-4-8-20-31/h5-6,9-18,29,32H,4,7-8,19-21H2,1-3H3. The molecular formula is C31H35N5O. The Morgan fingerprint density at radius 3 is 2.32 bits per heavy atom. The van der Waals surface area contributed by atoms with Crippen LogP contribution in [0.5, 0.6) is 0 Å². The Morgan fingerprint density at radius 2 is 1.62 bits per heavy atom. The number of rotatable bonds is 4. The number of carbonyl (C=O) groups is 1. The van der Waals surface area contributed by atoms with Gasteiger partial charge in [-0.2, -0.15) is 5.10 Å². The lowest BCUT2D eigenvalue weighted by Gasteiger charge is -2.50. The maximum atomic E-state index is 13.8. The molecule has 0 bridgehead atoms. The predicted molar refractivity (Wildman–Crippen MR) is 152 cm³/mol. The molecule has 1 aliphatic carbocycles. The molecule has 0 radical (unpaired) electrons. The van der Waals surface area contributed by atoms with E-state index in [0.717, 1.165) is 60.3 Å². The summed E-state index contributed by atoms with van der Waals surface area (Å²) in [6.45, 7) is 0. The van der Waals surface area contributed by atoms with Crippen molar-refractivity contribution in [3.8, 4) is 0 Å². The molecule has 3 aromatic rings. The average molecular weight is 494 g/mol. The van der Waals surface area contributed by atoms with Crippen molar-refractivity contribution < 1.29 is 4.79 Å². The van der Waals surface area contributed by atoms with E-state index in [0.29, 0.717) is 0 Å². The van der Waals surface area contributed by atoms with Gasteiger partial charge in [0.15, 0.2) is 0 Å². The van der Waals surface area contributed by atoms with Crippen molar-refractivity contribution in [3.63, 3.8) is 0 Å². The largest absolute Gasteiger partial charge is 0.378 e. The Balaban J connectivity index is 1.26. The Bertz CT molecular complexity index is 1320. The van der Waals surface area contributed by atoms with Crippen molar-refractivity contribution in [1.82, 2.24) is 5.01 Å². The van der Waals surface area contributed by atoms with E-state index in [1.54, 1.807) is 0 Å². The third kappa shape index (κ3) is 4.14. The summed E-state index contributed by atoms with van der Waals surface area (Å²) in [4.78, 5) is 17.9. The van der Waals surface area contributed by atoms with Crippen LogP contribution in [0, 0.1) is 0 Å². The molecule has 1 saturated carbocycles. The lowest BCUT2D eigenvalue weighted by Crippen LogP contribution is -2.61. The highest BCUT2D eigenvalue weighted by atomic mass is 16.2. The number of hydrogen-bond donors (Lipinski definition) is 1. The van der Waals surface area contributed by atoms with E-state index >= 15 is 0 Å². The summed E-state index contributed by atoms with van der Waals surface area (Å²) in [7, 11) is 6.17. The first kappa shape index (κ1) is 23.6. The van der Waals surface area contributed by atoms with Crippen molar-refractivity contribution >= 4 is 28.7 Å². The summed E-state index contributed by atoms with van der Waals surface area (Å²) < 4.78 is 0. The number of hydrazone groups is 1. The normalized spacial score (nSPS) is 20.5. The van der Waals surface area contributed by atoms with Crippen molar-refractivity contribution in [1.29, 1.82) is 0 Å². The summed E-state index contributed by atoms with van der Waals surface area (Å²) in [5.41, 5.74) is 6.94. The van der Waals surface area contributed by atoms with Gasteiger partial charge in [-0.05, 0) is 73.2 Å². The van der Waals surface area contributed by atoms with Crippen LogP contribution < -0.4 is 15.1 Å². The van der Waals surface area contributed by atoms with Crippen LogP contribution in [-0.2, 0) is 0 Å². The Labute approximate surface area is 219 Å². The van der Waals surface area contributed by atoms with Gasteiger partial charge < -0.3 is 10.2 Å². The van der Waals surface area contributed by atoms with Crippen LogP contribution >= 0.6 is 0 Å². The van der Waals surface area contributed by atoms with Gasteiger partial charge in [0.1, 0.15) is 5.66 Å². The molecule has 190 valence electrons. The third-order valence-corrected chi connectivity index (χ3v) is 8.21. The van der Waals surface area contributed by atoms with E-state index in [4.69, 9.17) is 5.10 Å². The maximum absolute atomic E-state index is 13.8. The lowest BCUT2D eigenvalue weighted by molar-refractivity contribution is 0.0938. The molecule has 0 aromatic heterocycles. The van der Waals surface area contributed by atoms with Crippen LogP contribution in [0.25, 0.3) is 0 Å². The lowest BCUT2D eigenvalue weighted by atomic mass is 9.84. The molecular weight excluding hydrogens is 458 g/mol. The van der Waals surface area contributed by atoms with Gasteiger partial charge in [-0.1, -0.05) is 42.8 Å². The number of hydrogen-bond acceptors (Lipinski definition) is 5. The number of nitrogens with one attached hydrogen (secondary N) is 1. The van der Waals surface area contributed by atoms with Gasteiger partial charge in [0.05, 0.1) is 17.3 Å². The average Bonchev–Trinajstić information content (AvgIpc) is 3.31. The fourth-order valence-electron chi connectivity index (χ4n) is 6.17. The molecule has 1 unspecified atom stereocenters. The minimum absolute atomic E-state index is 0.0863. The minimum Gasteiger partial charge on any atom is -0.378 e. The van der Waals surface area contributed by atoms with E-state index < -0.39 is 0 Å². The van der Waals surface area contributed by atoms with E-state index in [-0.39, 0.29) is 17.6 Å². The molecule has 6 heteroatoms. The van der Waals surface area contributed by atoms with Gasteiger partial charge in [-0.25, -0.2) is 0 Å². The van der Waals surface area contributed by atoms with Crippen LogP contribution in [0.15, 0.2) is 77.9 Å². The maximum Gasteiger partial charge on any atom is 0.262 e. The summed E-state index contributed by atoms with van der Waals surface area (Å²) in [6, 6.07) is 25.3. The van der Waals surface area contributed by atoms with Crippen LogP contribution in [0.2, 0.25) is 0 Å². The second kappa shape index (κ2) is 9.25. The molecule has 1 N–H and O–H groups in total. The van der Waals surface area contributed by atoms with Crippen molar-refractivity contribution in [3.05, 3.63) is 89.5 Å². The Kier molecular flexibility index (Phi) is 5.90. The highest BCUT2D eigenvalue weighted by Crippen LogP contribution is 2.43. The zero-order chi connectivity index (χ0) is 25.6. The smallest absolute Gasteiger partial charge is 0.262 e. The quantitative estimate of drug-likeness (QED) is 0.466. The molecule has 6 nitrogen and oxygen atoms in total. The van der Waals surface area contributed by atoms with Gasteiger partial charge in [-0.3, -0.25) is 14.7 Å². The first-order chi connectivity index (χ1) is 17.9. The molecule has 3 aliphatic rings. The van der Waals surface area contributed by atoms with Crippen LogP contribution in [0.1, 0.15) is 66.1 Å². The number of carbonyl (C=O) groups excluding carboxylic acids is 1. The summed E-state index contributed by atoms with van der Waals surface area (Å²) in [6.07, 6.45) is 6.24. The number of nitrogens with zero attached hydrogens (tertiary/aromatic N) is 4. The first-order valence-corrected chi connectivity index (χ1v) is 13.3. The molecule has 1 amide bonds. The van der Waals surface area contributed by atoms with Crippen LogP contribution in [0.4, 0.5) is 17.1 Å². The number of anilines is 3. The SMILES string of the molecule is CN(C)c1ccc(C2CC(c3ccc(N4C(=O)c5ccccc5NC45CCCCC5)cc3)=NN2C)cc1. The van der Waals surface area contributed by atoms with Crippen LogP contribution in [0.3, 0.4) is 0 Å². The molecule has 6 rings (SSSR count). The summed E-state index contributed by atoms with van der Waals surface area (Å²) >= 11 is 0. The van der Waals surface area contributed by atoms with E-state index in [1.165, 1.54) is 17.7 Å². The first-order valence-electron chi connectivity index (χ1n) is 13.3. The number of para-hydroxylation sites is 1. The zero-order valence-corrected chi connectivity index (χ0v) is 21.9. The topological polar surface area (TPSA) is 51.2 Å². The van der Waals surface area contributed by atoms with Gasteiger partial charge in [0.2, 0.25) is 0 Å². The van der Waals surface area contributed by atoms with Gasteiger partial charge in [-0.15, -0.1) is 0 Å². The number of amides is 1. The Morgan fingerprint density at radius 1 is 0.919 bits per heavy atom. The highest BCUT2D eigenvalue weighted by molar-refractivity contribution is 6.13. The van der Waals surface area contributed by atoms with Crippen LogP contribution in [-0.4, -0.2) is 43.4 Å². The highest BCUT2D eigenvalue weighted by Gasteiger charge is 2.46. The van der Waals surface area contributed by atoms with E-state index in [9.17, 15) is 4.79 Å². The van der Waals surface area contributed by atoms with Crippen molar-refractivity contribution in [2.24, 2.45) is 5.10 Å². The third-order valence-electron chi connectivity index (χ3n) is 8.21. The molecule has 2 aliphatic heterocycles. The molecule has 3 aromatic carbocycles.